The van der Waals surface area contributed by atoms with E-state index in [0.29, 0.717) is 12.4 Å². The normalized spacial score (nSPS) is 11.3. The number of hydrogen-bond donors (Lipinski definition) is 1. The highest BCUT2D eigenvalue weighted by Gasteiger charge is 2.09. The lowest BCUT2D eigenvalue weighted by Crippen LogP contribution is -2.00. The topological polar surface area (TPSA) is 86.1 Å². The van der Waals surface area contributed by atoms with Gasteiger partial charge in [0.1, 0.15) is 12.0 Å². The molecule has 0 bridgehead atoms. The Labute approximate surface area is 160 Å². The Hall–Kier alpha value is -3.78. The number of imidazole rings is 1. The first-order valence-corrected chi connectivity index (χ1v) is 8.84. The van der Waals surface area contributed by atoms with E-state index in [2.05, 4.69) is 20.1 Å². The van der Waals surface area contributed by atoms with Gasteiger partial charge in [0.2, 0.25) is 0 Å². The van der Waals surface area contributed by atoms with Crippen LogP contribution in [-0.4, -0.2) is 38.8 Å². The lowest BCUT2D eigenvalue weighted by atomic mass is 10.2. The highest BCUT2D eigenvalue weighted by molar-refractivity contribution is 5.56. The number of hydrogen-bond acceptors (Lipinski definition) is 5. The van der Waals surface area contributed by atoms with Crippen LogP contribution >= 0.6 is 0 Å². The molecule has 5 rings (SSSR count). The lowest BCUT2D eigenvalue weighted by Gasteiger charge is -2.03. The van der Waals surface area contributed by atoms with Gasteiger partial charge in [-0.05, 0) is 29.8 Å². The van der Waals surface area contributed by atoms with Crippen molar-refractivity contribution in [2.24, 2.45) is 0 Å². The van der Waals surface area contributed by atoms with E-state index in [4.69, 9.17) is 0 Å². The molecule has 0 fully saturated rings. The van der Waals surface area contributed by atoms with Crippen molar-refractivity contribution >= 4 is 5.65 Å². The molecule has 0 saturated carbocycles. The predicted octanol–water partition coefficient (Wildman–Crippen LogP) is 2.32. The quantitative estimate of drug-likeness (QED) is 0.512. The van der Waals surface area contributed by atoms with E-state index in [1.54, 1.807) is 23.4 Å². The largest absolute Gasteiger partial charge is 0.392 e. The third kappa shape index (κ3) is 3.06. The van der Waals surface area contributed by atoms with Crippen molar-refractivity contribution in [3.8, 4) is 17.1 Å². The van der Waals surface area contributed by atoms with Crippen molar-refractivity contribution in [1.29, 1.82) is 0 Å². The van der Waals surface area contributed by atoms with Crippen LogP contribution in [-0.2, 0) is 13.2 Å². The molecular formula is C20H17N7O. The number of nitrogens with zero attached hydrogens (tertiary/aromatic N) is 7. The fourth-order valence-corrected chi connectivity index (χ4v) is 3.13. The van der Waals surface area contributed by atoms with E-state index in [9.17, 15) is 5.11 Å². The zero-order valence-electron chi connectivity index (χ0n) is 14.9. The molecule has 138 valence electrons. The van der Waals surface area contributed by atoms with Crippen molar-refractivity contribution in [1.82, 2.24) is 33.7 Å². The molecule has 28 heavy (non-hydrogen) atoms. The molecule has 5 heterocycles. The van der Waals surface area contributed by atoms with Crippen LogP contribution in [0, 0.1) is 0 Å². The number of rotatable bonds is 5. The Balaban J connectivity index is 1.40. The summed E-state index contributed by atoms with van der Waals surface area (Å²) in [4.78, 5) is 13.3. The Kier molecular flexibility index (Phi) is 3.95. The summed E-state index contributed by atoms with van der Waals surface area (Å²) in [5.74, 6) is 0.618. The van der Waals surface area contributed by atoms with E-state index in [1.807, 2.05) is 64.1 Å². The summed E-state index contributed by atoms with van der Waals surface area (Å²) in [5, 5.41) is 13.8. The molecule has 0 unspecified atom stereocenters. The van der Waals surface area contributed by atoms with E-state index in [-0.39, 0.29) is 6.61 Å². The van der Waals surface area contributed by atoms with E-state index < -0.39 is 0 Å². The van der Waals surface area contributed by atoms with Crippen molar-refractivity contribution in [2.45, 2.75) is 13.2 Å². The summed E-state index contributed by atoms with van der Waals surface area (Å²) in [6.07, 6.45) is 13.0. The second-order valence-corrected chi connectivity index (χ2v) is 6.48. The van der Waals surface area contributed by atoms with Crippen molar-refractivity contribution < 1.29 is 5.11 Å². The molecule has 0 saturated heterocycles. The molecule has 0 aliphatic heterocycles. The second-order valence-electron chi connectivity index (χ2n) is 6.48. The maximum Gasteiger partial charge on any atom is 0.182 e. The summed E-state index contributed by atoms with van der Waals surface area (Å²) in [5.41, 5.74) is 4.35. The van der Waals surface area contributed by atoms with Gasteiger partial charge >= 0.3 is 0 Å². The molecule has 1 N–H and O–H groups in total. The van der Waals surface area contributed by atoms with Gasteiger partial charge in [0, 0.05) is 36.5 Å². The van der Waals surface area contributed by atoms with Gasteiger partial charge in [0.05, 0.1) is 30.7 Å². The summed E-state index contributed by atoms with van der Waals surface area (Å²) >= 11 is 0. The van der Waals surface area contributed by atoms with Gasteiger partial charge in [-0.3, -0.25) is 4.98 Å². The van der Waals surface area contributed by atoms with Crippen LogP contribution in [0.5, 0.6) is 0 Å². The van der Waals surface area contributed by atoms with Crippen molar-refractivity contribution in [3.63, 3.8) is 0 Å². The van der Waals surface area contributed by atoms with E-state index >= 15 is 0 Å². The standard InChI is InChI=1S/C20H17N7O/c28-13-15-3-4-19-23-17(11-26(19)10-15)12-27-14-22-20(24-27)16-7-18(9-21-8-16)25-5-1-2-6-25/h1-11,14,28H,12-13H2. The van der Waals surface area contributed by atoms with Crippen LogP contribution in [0.25, 0.3) is 22.7 Å². The monoisotopic (exact) mass is 371 g/mol. The smallest absolute Gasteiger partial charge is 0.182 e. The molecule has 8 heteroatoms. The molecule has 5 aromatic rings. The maximum absolute atomic E-state index is 9.27. The third-order valence-corrected chi connectivity index (χ3v) is 4.49. The highest BCUT2D eigenvalue weighted by Crippen LogP contribution is 2.17. The molecule has 5 aromatic heterocycles. The van der Waals surface area contributed by atoms with Gasteiger partial charge in [-0.2, -0.15) is 5.10 Å². The molecular weight excluding hydrogens is 354 g/mol. The summed E-state index contributed by atoms with van der Waals surface area (Å²) in [6.45, 7) is 0.514. The van der Waals surface area contributed by atoms with Crippen LogP contribution in [0.15, 0.2) is 73.8 Å². The van der Waals surface area contributed by atoms with Crippen LogP contribution < -0.4 is 0 Å². The molecule has 0 amide bonds. The molecule has 0 aliphatic carbocycles. The molecule has 0 atom stereocenters. The van der Waals surface area contributed by atoms with Crippen LogP contribution in [0.4, 0.5) is 0 Å². The van der Waals surface area contributed by atoms with Gasteiger partial charge in [0.15, 0.2) is 5.82 Å². The highest BCUT2D eigenvalue weighted by atomic mass is 16.3. The van der Waals surface area contributed by atoms with E-state index in [0.717, 1.165) is 28.2 Å². The summed E-state index contributed by atoms with van der Waals surface area (Å²) in [7, 11) is 0. The molecule has 0 aromatic carbocycles. The minimum atomic E-state index is 0.00595. The molecule has 8 nitrogen and oxygen atoms in total. The Morgan fingerprint density at radius 2 is 1.93 bits per heavy atom. The minimum absolute atomic E-state index is 0.00595. The second kappa shape index (κ2) is 6.75. The van der Waals surface area contributed by atoms with Gasteiger partial charge in [0.25, 0.3) is 0 Å². The first kappa shape index (κ1) is 16.4. The fourth-order valence-electron chi connectivity index (χ4n) is 3.13. The van der Waals surface area contributed by atoms with Gasteiger partial charge < -0.3 is 14.1 Å². The fraction of sp³-hybridized carbons (Fsp3) is 0.100. The molecule has 0 aliphatic rings. The zero-order valence-corrected chi connectivity index (χ0v) is 14.9. The summed E-state index contributed by atoms with van der Waals surface area (Å²) < 4.78 is 5.65. The maximum atomic E-state index is 9.27. The number of pyridine rings is 2. The van der Waals surface area contributed by atoms with E-state index in [1.165, 1.54) is 0 Å². The van der Waals surface area contributed by atoms with Crippen LogP contribution in [0.1, 0.15) is 11.3 Å². The number of aromatic nitrogens is 7. The van der Waals surface area contributed by atoms with Crippen LogP contribution in [0.2, 0.25) is 0 Å². The number of fused-ring (bicyclic) bond motifs is 1. The van der Waals surface area contributed by atoms with Gasteiger partial charge in [-0.1, -0.05) is 6.07 Å². The van der Waals surface area contributed by atoms with Gasteiger partial charge in [-0.25, -0.2) is 14.6 Å². The number of aliphatic hydroxyl groups excluding tert-OH is 1. The van der Waals surface area contributed by atoms with Crippen molar-refractivity contribution in [2.75, 3.05) is 0 Å². The average molecular weight is 371 g/mol. The Morgan fingerprint density at radius 1 is 1.04 bits per heavy atom. The minimum Gasteiger partial charge on any atom is -0.392 e. The Morgan fingerprint density at radius 3 is 2.79 bits per heavy atom. The predicted molar refractivity (Wildman–Crippen MR) is 103 cm³/mol. The first-order valence-electron chi connectivity index (χ1n) is 8.84. The molecule has 0 radical (unpaired) electrons. The van der Waals surface area contributed by atoms with Crippen molar-refractivity contribution in [3.05, 3.63) is 85.1 Å². The first-order chi connectivity index (χ1) is 13.8. The average Bonchev–Trinajstić information content (AvgIpc) is 3.48. The lowest BCUT2D eigenvalue weighted by molar-refractivity contribution is 0.281. The third-order valence-electron chi connectivity index (χ3n) is 4.49. The van der Waals surface area contributed by atoms with Gasteiger partial charge in [-0.15, -0.1) is 0 Å². The zero-order chi connectivity index (χ0) is 18.9. The SMILES string of the molecule is OCc1ccc2nc(Cn3cnc(-c4cncc(-n5cccc5)c4)n3)cn2c1. The summed E-state index contributed by atoms with van der Waals surface area (Å²) in [6, 6.07) is 9.70. The van der Waals surface area contributed by atoms with Crippen LogP contribution in [0.3, 0.4) is 0 Å². The number of aliphatic hydroxyl groups is 1. The molecule has 0 spiro atoms. The Bertz CT molecular complexity index is 1240.